The van der Waals surface area contributed by atoms with E-state index in [9.17, 15) is 9.90 Å². The van der Waals surface area contributed by atoms with Gasteiger partial charge in [-0.25, -0.2) is 0 Å². The first-order valence-electron chi connectivity index (χ1n) is 8.16. The van der Waals surface area contributed by atoms with Crippen molar-refractivity contribution in [3.05, 3.63) is 60.2 Å². The topological polar surface area (TPSA) is 37.3 Å². The number of carboxylic acids is 1. The van der Waals surface area contributed by atoms with Crippen molar-refractivity contribution in [1.29, 1.82) is 0 Å². The fourth-order valence-electron chi connectivity index (χ4n) is 3.14. The second-order valence-electron chi connectivity index (χ2n) is 7.36. The molecule has 0 spiro atoms. The van der Waals surface area contributed by atoms with Gasteiger partial charge in [-0.2, -0.15) is 0 Å². The zero-order chi connectivity index (χ0) is 17.3. The highest BCUT2D eigenvalue weighted by Gasteiger charge is 2.31. The smallest absolute Gasteiger partial charge is 0.311 e. The molecule has 1 atom stereocenters. The predicted molar refractivity (Wildman–Crippen MR) is 102 cm³/mol. The SMILES string of the molecule is CC(C)(C)CC(C(=O)O)c1c(-c2ccccc2)sc2ccccc12. The Labute approximate surface area is 146 Å². The Hall–Kier alpha value is -2.13. The van der Waals surface area contributed by atoms with E-state index in [2.05, 4.69) is 39.0 Å². The van der Waals surface area contributed by atoms with Crippen LogP contribution in [0, 0.1) is 5.41 Å². The molecule has 1 unspecified atom stereocenters. The van der Waals surface area contributed by atoms with Gasteiger partial charge in [-0.1, -0.05) is 69.3 Å². The number of rotatable bonds is 4. The Bertz CT molecular complexity index is 856. The van der Waals surface area contributed by atoms with E-state index in [0.717, 1.165) is 26.1 Å². The molecule has 124 valence electrons. The normalized spacial score (nSPS) is 13.1. The summed E-state index contributed by atoms with van der Waals surface area (Å²) in [6, 6.07) is 18.2. The van der Waals surface area contributed by atoms with Crippen molar-refractivity contribution < 1.29 is 9.90 Å². The third kappa shape index (κ3) is 3.36. The quantitative estimate of drug-likeness (QED) is 0.617. The van der Waals surface area contributed by atoms with Crippen LogP contribution in [0.4, 0.5) is 0 Å². The molecule has 0 aliphatic rings. The van der Waals surface area contributed by atoms with Gasteiger partial charge in [0.2, 0.25) is 0 Å². The number of benzene rings is 2. The Morgan fingerprint density at radius 2 is 1.67 bits per heavy atom. The lowest BCUT2D eigenvalue weighted by Crippen LogP contribution is -2.19. The molecule has 1 heterocycles. The van der Waals surface area contributed by atoms with E-state index in [1.807, 2.05) is 36.4 Å². The van der Waals surface area contributed by atoms with Gasteiger partial charge in [0, 0.05) is 9.58 Å². The van der Waals surface area contributed by atoms with Gasteiger partial charge < -0.3 is 5.11 Å². The van der Waals surface area contributed by atoms with Gasteiger partial charge in [0.1, 0.15) is 0 Å². The van der Waals surface area contributed by atoms with Gasteiger partial charge in [-0.05, 0) is 34.4 Å². The van der Waals surface area contributed by atoms with Crippen LogP contribution in [0.25, 0.3) is 20.5 Å². The number of carbonyl (C=O) groups is 1. The van der Waals surface area contributed by atoms with Crippen molar-refractivity contribution in [2.75, 3.05) is 0 Å². The molecule has 0 radical (unpaired) electrons. The van der Waals surface area contributed by atoms with Crippen LogP contribution < -0.4 is 0 Å². The first kappa shape index (κ1) is 16.7. The highest BCUT2D eigenvalue weighted by molar-refractivity contribution is 7.22. The first-order chi connectivity index (χ1) is 11.4. The number of carboxylic acid groups (broad SMARTS) is 1. The van der Waals surface area contributed by atoms with Crippen LogP contribution in [0.5, 0.6) is 0 Å². The lowest BCUT2D eigenvalue weighted by molar-refractivity contribution is -0.139. The molecule has 0 aliphatic heterocycles. The van der Waals surface area contributed by atoms with Crippen LogP contribution >= 0.6 is 11.3 Å². The highest BCUT2D eigenvalue weighted by atomic mass is 32.1. The number of aliphatic carboxylic acids is 1. The zero-order valence-corrected chi connectivity index (χ0v) is 15.1. The average molecular weight is 338 g/mol. The van der Waals surface area contributed by atoms with Gasteiger partial charge in [0.25, 0.3) is 0 Å². The summed E-state index contributed by atoms with van der Waals surface area (Å²) in [5.41, 5.74) is 2.00. The van der Waals surface area contributed by atoms with Gasteiger partial charge in [-0.15, -0.1) is 11.3 Å². The standard InChI is InChI=1S/C21H22O2S/c1-21(2,3)13-16(20(22)23)18-15-11-7-8-12-17(15)24-19(18)14-9-5-4-6-10-14/h4-12,16H,13H2,1-3H3,(H,22,23). The van der Waals surface area contributed by atoms with Crippen LogP contribution in [0.2, 0.25) is 0 Å². The predicted octanol–water partition coefficient (Wildman–Crippen LogP) is 6.17. The van der Waals surface area contributed by atoms with E-state index in [1.54, 1.807) is 11.3 Å². The molecule has 3 rings (SSSR count). The molecule has 0 saturated carbocycles. The fourth-order valence-corrected chi connectivity index (χ4v) is 4.41. The zero-order valence-electron chi connectivity index (χ0n) is 14.2. The van der Waals surface area contributed by atoms with E-state index in [1.165, 1.54) is 0 Å². The molecule has 0 aliphatic carbocycles. The van der Waals surface area contributed by atoms with E-state index in [0.29, 0.717) is 6.42 Å². The minimum absolute atomic E-state index is 0.0555. The van der Waals surface area contributed by atoms with Crippen molar-refractivity contribution >= 4 is 27.4 Å². The summed E-state index contributed by atoms with van der Waals surface area (Å²) in [5, 5.41) is 11.0. The average Bonchev–Trinajstić information content (AvgIpc) is 2.91. The second-order valence-corrected chi connectivity index (χ2v) is 8.41. The van der Waals surface area contributed by atoms with Crippen LogP contribution in [-0.2, 0) is 4.79 Å². The summed E-state index contributed by atoms with van der Waals surface area (Å²) in [5.74, 6) is -1.25. The van der Waals surface area contributed by atoms with Crippen LogP contribution in [0.15, 0.2) is 54.6 Å². The maximum Gasteiger partial charge on any atom is 0.311 e. The molecule has 2 aromatic carbocycles. The summed E-state index contributed by atoms with van der Waals surface area (Å²) in [7, 11) is 0. The minimum atomic E-state index is -0.745. The van der Waals surface area contributed by atoms with Crippen LogP contribution in [0.1, 0.15) is 38.7 Å². The summed E-state index contributed by atoms with van der Waals surface area (Å²) >= 11 is 1.69. The summed E-state index contributed by atoms with van der Waals surface area (Å²) in [6.07, 6.45) is 0.614. The molecule has 0 fully saturated rings. The molecular formula is C21H22O2S. The lowest BCUT2D eigenvalue weighted by atomic mass is 9.80. The first-order valence-corrected chi connectivity index (χ1v) is 8.98. The number of hydrogen-bond donors (Lipinski definition) is 1. The molecule has 0 bridgehead atoms. The molecule has 0 amide bonds. The van der Waals surface area contributed by atoms with Crippen molar-refractivity contribution in [2.45, 2.75) is 33.1 Å². The number of thiophene rings is 1. The highest BCUT2D eigenvalue weighted by Crippen LogP contribution is 2.45. The maximum absolute atomic E-state index is 12.1. The van der Waals surface area contributed by atoms with E-state index in [-0.39, 0.29) is 5.41 Å². The molecular weight excluding hydrogens is 316 g/mol. The molecule has 3 heteroatoms. The molecule has 0 saturated heterocycles. The van der Waals surface area contributed by atoms with Crippen LogP contribution in [0.3, 0.4) is 0 Å². The summed E-state index contributed by atoms with van der Waals surface area (Å²) in [4.78, 5) is 13.2. The molecule has 1 aromatic heterocycles. The van der Waals surface area contributed by atoms with Crippen molar-refractivity contribution in [2.24, 2.45) is 5.41 Å². The van der Waals surface area contributed by atoms with Gasteiger partial charge in [0.05, 0.1) is 5.92 Å². The summed E-state index contributed by atoms with van der Waals surface area (Å²) < 4.78 is 1.14. The van der Waals surface area contributed by atoms with Gasteiger partial charge in [0.15, 0.2) is 0 Å². The van der Waals surface area contributed by atoms with Gasteiger partial charge >= 0.3 is 5.97 Å². The van der Waals surface area contributed by atoms with Gasteiger partial charge in [-0.3, -0.25) is 4.79 Å². The largest absolute Gasteiger partial charge is 0.481 e. The van der Waals surface area contributed by atoms with Crippen molar-refractivity contribution in [3.8, 4) is 10.4 Å². The Kier molecular flexibility index (Phi) is 4.46. The molecule has 1 N–H and O–H groups in total. The number of fused-ring (bicyclic) bond motifs is 1. The number of hydrogen-bond acceptors (Lipinski definition) is 2. The monoisotopic (exact) mass is 338 g/mol. The molecule has 2 nitrogen and oxygen atoms in total. The summed E-state index contributed by atoms with van der Waals surface area (Å²) in [6.45, 7) is 6.29. The van der Waals surface area contributed by atoms with Crippen molar-refractivity contribution in [1.82, 2.24) is 0 Å². The third-order valence-electron chi connectivity index (χ3n) is 4.13. The molecule has 24 heavy (non-hydrogen) atoms. The van der Waals surface area contributed by atoms with E-state index in [4.69, 9.17) is 0 Å². The van der Waals surface area contributed by atoms with Crippen LogP contribution in [-0.4, -0.2) is 11.1 Å². The second kappa shape index (κ2) is 6.40. The van der Waals surface area contributed by atoms with Crippen molar-refractivity contribution in [3.63, 3.8) is 0 Å². The fraction of sp³-hybridized carbons (Fsp3) is 0.286. The Morgan fingerprint density at radius 3 is 2.29 bits per heavy atom. The van der Waals surface area contributed by atoms with E-state index < -0.39 is 11.9 Å². The van der Waals surface area contributed by atoms with E-state index >= 15 is 0 Å². The molecule has 3 aromatic rings. The Balaban J connectivity index is 2.26. The minimum Gasteiger partial charge on any atom is -0.481 e. The Morgan fingerprint density at radius 1 is 1.04 bits per heavy atom. The lowest BCUT2D eigenvalue weighted by Gasteiger charge is -2.24. The third-order valence-corrected chi connectivity index (χ3v) is 5.37. The maximum atomic E-state index is 12.1.